The third kappa shape index (κ3) is 3.83. The van der Waals surface area contributed by atoms with E-state index in [1.54, 1.807) is 0 Å². The van der Waals surface area contributed by atoms with Gasteiger partial charge in [-0.25, -0.2) is 0 Å². The van der Waals surface area contributed by atoms with Gasteiger partial charge in [0.25, 0.3) is 0 Å². The van der Waals surface area contributed by atoms with E-state index in [1.165, 1.54) is 5.56 Å². The van der Waals surface area contributed by atoms with E-state index in [0.717, 1.165) is 57.0 Å². The minimum Gasteiger partial charge on any atom is -0.466 e. The minimum absolute atomic E-state index is 0.315. The van der Waals surface area contributed by atoms with Crippen LogP contribution in [0.5, 0.6) is 0 Å². The highest BCUT2D eigenvalue weighted by molar-refractivity contribution is 5.77. The standard InChI is InChI=1S/C21H27N3O2/c1-16-4-6-19(26-16)8-12-24-20-9-11-23(14-17-3-2-10-22-13-17)15-18(20)5-7-21(24)25/h2-4,6,10,13,18,20H,5,7-9,11-12,14-15H2,1H3/t18-,20+/m0/s1. The molecule has 2 aliphatic rings. The van der Waals surface area contributed by atoms with Gasteiger partial charge in [0.2, 0.25) is 5.91 Å². The number of hydrogen-bond acceptors (Lipinski definition) is 4. The van der Waals surface area contributed by atoms with Crippen molar-refractivity contribution < 1.29 is 9.21 Å². The van der Waals surface area contributed by atoms with Crippen LogP contribution in [0, 0.1) is 12.8 Å². The maximum Gasteiger partial charge on any atom is 0.222 e. The lowest BCUT2D eigenvalue weighted by Gasteiger charge is -2.47. The number of carbonyl (C=O) groups is 1. The van der Waals surface area contributed by atoms with Crippen LogP contribution in [0.2, 0.25) is 0 Å². The summed E-state index contributed by atoms with van der Waals surface area (Å²) in [6.45, 7) is 5.80. The van der Waals surface area contributed by atoms with Gasteiger partial charge < -0.3 is 9.32 Å². The van der Waals surface area contributed by atoms with E-state index in [0.29, 0.717) is 24.3 Å². The molecule has 5 heteroatoms. The maximum atomic E-state index is 12.5. The van der Waals surface area contributed by atoms with Crippen LogP contribution in [-0.2, 0) is 17.8 Å². The van der Waals surface area contributed by atoms with Crippen molar-refractivity contribution in [3.05, 3.63) is 53.7 Å². The fraction of sp³-hybridized carbons (Fsp3) is 0.524. The molecule has 0 aromatic carbocycles. The smallest absolute Gasteiger partial charge is 0.222 e. The molecule has 0 spiro atoms. The minimum atomic E-state index is 0.315. The van der Waals surface area contributed by atoms with E-state index >= 15 is 0 Å². The highest BCUT2D eigenvalue weighted by Crippen LogP contribution is 2.32. The van der Waals surface area contributed by atoms with Crippen LogP contribution in [0.15, 0.2) is 41.1 Å². The molecular weight excluding hydrogens is 326 g/mol. The number of carbonyl (C=O) groups excluding carboxylic acids is 1. The summed E-state index contributed by atoms with van der Waals surface area (Å²) < 4.78 is 5.68. The monoisotopic (exact) mass is 353 g/mol. The number of aromatic nitrogens is 1. The lowest BCUT2D eigenvalue weighted by molar-refractivity contribution is -0.141. The summed E-state index contributed by atoms with van der Waals surface area (Å²) in [6, 6.07) is 8.54. The Morgan fingerprint density at radius 2 is 2.19 bits per heavy atom. The summed E-state index contributed by atoms with van der Waals surface area (Å²) in [5, 5.41) is 0. The number of fused-ring (bicyclic) bond motifs is 1. The Morgan fingerprint density at radius 3 is 2.96 bits per heavy atom. The van der Waals surface area contributed by atoms with Gasteiger partial charge in [-0.1, -0.05) is 6.07 Å². The molecule has 0 radical (unpaired) electrons. The Labute approximate surface area is 155 Å². The van der Waals surface area contributed by atoms with Crippen molar-refractivity contribution in [2.45, 2.75) is 45.2 Å². The molecule has 2 atom stereocenters. The Balaban J connectivity index is 1.37. The zero-order valence-electron chi connectivity index (χ0n) is 15.4. The molecular formula is C21H27N3O2. The fourth-order valence-corrected chi connectivity index (χ4v) is 4.46. The Hall–Kier alpha value is -2.14. The van der Waals surface area contributed by atoms with Gasteiger partial charge in [-0.3, -0.25) is 14.7 Å². The third-order valence-corrected chi connectivity index (χ3v) is 5.75. The van der Waals surface area contributed by atoms with Crippen LogP contribution in [0.4, 0.5) is 0 Å². The number of hydrogen-bond donors (Lipinski definition) is 0. The van der Waals surface area contributed by atoms with Gasteiger partial charge in [0.05, 0.1) is 0 Å². The molecule has 0 N–H and O–H groups in total. The zero-order chi connectivity index (χ0) is 17.9. The quantitative estimate of drug-likeness (QED) is 0.829. The van der Waals surface area contributed by atoms with Gasteiger partial charge in [-0.15, -0.1) is 0 Å². The van der Waals surface area contributed by atoms with E-state index < -0.39 is 0 Å². The van der Waals surface area contributed by atoms with Gasteiger partial charge in [0, 0.05) is 57.5 Å². The Kier molecular flexibility index (Phi) is 5.07. The molecule has 2 aliphatic heterocycles. The molecule has 2 aromatic heterocycles. The lowest BCUT2D eigenvalue weighted by Crippen LogP contribution is -2.56. The first-order valence-electron chi connectivity index (χ1n) is 9.65. The number of pyridine rings is 1. The van der Waals surface area contributed by atoms with Crippen molar-refractivity contribution in [3.63, 3.8) is 0 Å². The van der Waals surface area contributed by atoms with Crippen LogP contribution < -0.4 is 0 Å². The summed E-state index contributed by atoms with van der Waals surface area (Å²) >= 11 is 0. The van der Waals surface area contributed by atoms with Gasteiger partial charge >= 0.3 is 0 Å². The molecule has 0 saturated carbocycles. The Bertz CT molecular complexity index is 743. The molecule has 138 valence electrons. The van der Waals surface area contributed by atoms with E-state index in [-0.39, 0.29) is 0 Å². The van der Waals surface area contributed by atoms with Gasteiger partial charge in [-0.05, 0) is 49.4 Å². The van der Waals surface area contributed by atoms with E-state index in [9.17, 15) is 4.79 Å². The van der Waals surface area contributed by atoms with Crippen molar-refractivity contribution in [1.29, 1.82) is 0 Å². The fourth-order valence-electron chi connectivity index (χ4n) is 4.46. The molecule has 5 nitrogen and oxygen atoms in total. The number of amides is 1. The van der Waals surface area contributed by atoms with E-state index in [1.807, 2.05) is 37.5 Å². The van der Waals surface area contributed by atoms with Crippen molar-refractivity contribution in [2.75, 3.05) is 19.6 Å². The van der Waals surface area contributed by atoms with Crippen molar-refractivity contribution in [3.8, 4) is 0 Å². The number of likely N-dealkylation sites (tertiary alicyclic amines) is 2. The number of furan rings is 1. The number of aryl methyl sites for hydroxylation is 1. The second kappa shape index (κ2) is 7.62. The summed E-state index contributed by atoms with van der Waals surface area (Å²) in [5.41, 5.74) is 1.27. The van der Waals surface area contributed by atoms with Gasteiger partial charge in [0.1, 0.15) is 11.5 Å². The molecule has 2 saturated heterocycles. The number of piperidine rings is 2. The van der Waals surface area contributed by atoms with Gasteiger partial charge in [-0.2, -0.15) is 0 Å². The molecule has 2 aromatic rings. The molecule has 0 bridgehead atoms. The van der Waals surface area contributed by atoms with Crippen molar-refractivity contribution in [1.82, 2.24) is 14.8 Å². The largest absolute Gasteiger partial charge is 0.466 e. The summed E-state index contributed by atoms with van der Waals surface area (Å²) in [5.74, 6) is 2.81. The second-order valence-corrected chi connectivity index (χ2v) is 7.60. The van der Waals surface area contributed by atoms with E-state index in [2.05, 4.69) is 20.9 Å². The highest BCUT2D eigenvalue weighted by atomic mass is 16.3. The van der Waals surface area contributed by atoms with E-state index in [4.69, 9.17) is 4.42 Å². The van der Waals surface area contributed by atoms with Crippen LogP contribution >= 0.6 is 0 Å². The normalized spacial score (nSPS) is 23.9. The lowest BCUT2D eigenvalue weighted by atomic mass is 9.83. The number of nitrogens with zero attached hydrogens (tertiary/aromatic N) is 3. The van der Waals surface area contributed by atoms with Crippen molar-refractivity contribution >= 4 is 5.91 Å². The summed E-state index contributed by atoms with van der Waals surface area (Å²) in [7, 11) is 0. The predicted octanol–water partition coefficient (Wildman–Crippen LogP) is 3.04. The molecule has 4 heterocycles. The molecule has 0 unspecified atom stereocenters. The zero-order valence-corrected chi connectivity index (χ0v) is 15.4. The third-order valence-electron chi connectivity index (χ3n) is 5.75. The molecule has 1 amide bonds. The van der Waals surface area contributed by atoms with Crippen LogP contribution in [0.3, 0.4) is 0 Å². The van der Waals surface area contributed by atoms with Crippen LogP contribution in [0.25, 0.3) is 0 Å². The number of rotatable bonds is 5. The molecule has 0 aliphatic carbocycles. The second-order valence-electron chi connectivity index (χ2n) is 7.60. The average Bonchev–Trinajstić information content (AvgIpc) is 3.07. The summed E-state index contributed by atoms with van der Waals surface area (Å²) in [6.07, 6.45) is 7.34. The van der Waals surface area contributed by atoms with Crippen molar-refractivity contribution in [2.24, 2.45) is 5.92 Å². The molecule has 26 heavy (non-hydrogen) atoms. The highest BCUT2D eigenvalue weighted by Gasteiger charge is 2.39. The predicted molar refractivity (Wildman–Crippen MR) is 99.5 cm³/mol. The Morgan fingerprint density at radius 1 is 1.27 bits per heavy atom. The molecule has 2 fully saturated rings. The SMILES string of the molecule is Cc1ccc(CCN2C(=O)CC[C@H]3CN(Cc4cccnc4)CC[C@H]32)o1. The average molecular weight is 353 g/mol. The summed E-state index contributed by atoms with van der Waals surface area (Å²) in [4.78, 5) is 21.4. The molecule has 4 rings (SSSR count). The van der Waals surface area contributed by atoms with Crippen LogP contribution in [-0.4, -0.2) is 46.4 Å². The first-order valence-corrected chi connectivity index (χ1v) is 9.65. The van der Waals surface area contributed by atoms with Crippen LogP contribution in [0.1, 0.15) is 36.3 Å². The van der Waals surface area contributed by atoms with Gasteiger partial charge in [0.15, 0.2) is 0 Å². The maximum absolute atomic E-state index is 12.5. The first-order chi connectivity index (χ1) is 12.7. The topological polar surface area (TPSA) is 49.6 Å². The first kappa shape index (κ1) is 17.3.